The quantitative estimate of drug-likeness (QED) is 0.827. The molecule has 0 spiro atoms. The number of phenolic OH excluding ortho intramolecular Hbond substituents is 1. The first-order chi connectivity index (χ1) is 11.1. The number of carbonyl (C=O) groups excluding carboxylic acids is 1. The van der Waals surface area contributed by atoms with Crippen LogP contribution in [0.5, 0.6) is 17.2 Å². The molecule has 23 heavy (non-hydrogen) atoms. The van der Waals surface area contributed by atoms with Gasteiger partial charge >= 0.3 is 0 Å². The number of carbonyl (C=O) groups is 1. The van der Waals surface area contributed by atoms with Gasteiger partial charge in [0, 0.05) is 11.6 Å². The molecule has 0 amide bonds. The SMILES string of the molecule is COc1ccc(/C=C/C(=O)/C=C/c2ccc(O)cc2)c(OC)c1. The number of ketones is 1. The number of benzene rings is 2. The lowest BCUT2D eigenvalue weighted by molar-refractivity contribution is -0.110. The highest BCUT2D eigenvalue weighted by Crippen LogP contribution is 2.25. The lowest BCUT2D eigenvalue weighted by Gasteiger charge is -2.06. The zero-order valence-electron chi connectivity index (χ0n) is 13.0. The van der Waals surface area contributed by atoms with Crippen molar-refractivity contribution in [3.63, 3.8) is 0 Å². The number of phenols is 1. The second kappa shape index (κ2) is 7.84. The maximum absolute atomic E-state index is 11.9. The molecule has 0 bridgehead atoms. The molecule has 4 nitrogen and oxygen atoms in total. The van der Waals surface area contributed by atoms with Crippen molar-refractivity contribution in [2.24, 2.45) is 0 Å². The molecular formula is C19H18O4. The highest BCUT2D eigenvalue weighted by atomic mass is 16.5. The number of methoxy groups -OCH3 is 2. The Morgan fingerprint density at radius 3 is 2.30 bits per heavy atom. The molecule has 2 rings (SSSR count). The van der Waals surface area contributed by atoms with E-state index in [9.17, 15) is 9.90 Å². The van der Waals surface area contributed by atoms with E-state index in [0.717, 1.165) is 11.1 Å². The maximum Gasteiger partial charge on any atom is 0.178 e. The Morgan fingerprint density at radius 2 is 1.65 bits per heavy atom. The van der Waals surface area contributed by atoms with Crippen molar-refractivity contribution in [3.8, 4) is 17.2 Å². The van der Waals surface area contributed by atoms with E-state index in [1.54, 1.807) is 62.8 Å². The molecule has 4 heteroatoms. The van der Waals surface area contributed by atoms with E-state index in [2.05, 4.69) is 0 Å². The molecule has 0 saturated carbocycles. The smallest absolute Gasteiger partial charge is 0.178 e. The molecular weight excluding hydrogens is 292 g/mol. The van der Waals surface area contributed by atoms with Gasteiger partial charge < -0.3 is 14.6 Å². The van der Waals surface area contributed by atoms with Crippen molar-refractivity contribution in [2.75, 3.05) is 14.2 Å². The fourth-order valence-corrected chi connectivity index (χ4v) is 1.95. The molecule has 0 aliphatic rings. The lowest BCUT2D eigenvalue weighted by atomic mass is 10.1. The minimum absolute atomic E-state index is 0.143. The second-order valence-corrected chi connectivity index (χ2v) is 4.77. The lowest BCUT2D eigenvalue weighted by Crippen LogP contribution is -1.90. The zero-order chi connectivity index (χ0) is 16.7. The van der Waals surface area contributed by atoms with Gasteiger partial charge in [0.15, 0.2) is 5.78 Å². The van der Waals surface area contributed by atoms with Crippen LogP contribution >= 0.6 is 0 Å². The number of hydrogen-bond donors (Lipinski definition) is 1. The first kappa shape index (κ1) is 16.4. The van der Waals surface area contributed by atoms with E-state index in [1.807, 2.05) is 6.07 Å². The van der Waals surface area contributed by atoms with Crippen LogP contribution in [0.25, 0.3) is 12.2 Å². The highest BCUT2D eigenvalue weighted by molar-refractivity contribution is 6.04. The fourth-order valence-electron chi connectivity index (χ4n) is 1.95. The summed E-state index contributed by atoms with van der Waals surface area (Å²) < 4.78 is 10.4. The molecule has 118 valence electrons. The van der Waals surface area contributed by atoms with Crippen LogP contribution < -0.4 is 9.47 Å². The highest BCUT2D eigenvalue weighted by Gasteiger charge is 2.02. The standard InChI is InChI=1S/C19H18O4/c1-22-18-12-7-15(19(13-18)23-2)6-11-17(21)10-5-14-3-8-16(20)9-4-14/h3-13,20H,1-2H3/b10-5+,11-6+. The predicted octanol–water partition coefficient (Wildman–Crippen LogP) is 3.71. The number of ether oxygens (including phenoxy) is 2. The largest absolute Gasteiger partial charge is 0.508 e. The van der Waals surface area contributed by atoms with E-state index in [0.29, 0.717) is 11.5 Å². The van der Waals surface area contributed by atoms with Crippen molar-refractivity contribution in [2.45, 2.75) is 0 Å². The van der Waals surface area contributed by atoms with E-state index in [-0.39, 0.29) is 11.5 Å². The number of aromatic hydroxyl groups is 1. The van der Waals surface area contributed by atoms with Gasteiger partial charge in [-0.2, -0.15) is 0 Å². The van der Waals surface area contributed by atoms with Crippen LogP contribution in [0, 0.1) is 0 Å². The van der Waals surface area contributed by atoms with Crippen LogP contribution in [0.2, 0.25) is 0 Å². The first-order valence-electron chi connectivity index (χ1n) is 7.03. The van der Waals surface area contributed by atoms with Crippen molar-refractivity contribution < 1.29 is 19.4 Å². The minimum Gasteiger partial charge on any atom is -0.508 e. The van der Waals surface area contributed by atoms with E-state index in [1.165, 1.54) is 12.2 Å². The van der Waals surface area contributed by atoms with Gasteiger partial charge in [-0.25, -0.2) is 0 Å². The Labute approximate surface area is 135 Å². The van der Waals surface area contributed by atoms with Crippen molar-refractivity contribution in [1.82, 2.24) is 0 Å². The first-order valence-corrected chi connectivity index (χ1v) is 7.03. The summed E-state index contributed by atoms with van der Waals surface area (Å²) in [5.41, 5.74) is 1.63. The van der Waals surface area contributed by atoms with E-state index in [4.69, 9.17) is 9.47 Å². The summed E-state index contributed by atoms with van der Waals surface area (Å²) in [5.74, 6) is 1.38. The molecule has 2 aromatic rings. The molecule has 1 N–H and O–H groups in total. The Hall–Kier alpha value is -3.01. The van der Waals surface area contributed by atoms with Gasteiger partial charge in [-0.15, -0.1) is 0 Å². The number of allylic oxidation sites excluding steroid dienone is 2. The van der Waals surface area contributed by atoms with Crippen LogP contribution in [-0.4, -0.2) is 25.1 Å². The summed E-state index contributed by atoms with van der Waals surface area (Å²) in [6.45, 7) is 0. The van der Waals surface area contributed by atoms with Crippen LogP contribution in [0.15, 0.2) is 54.6 Å². The monoisotopic (exact) mass is 310 g/mol. The van der Waals surface area contributed by atoms with Gasteiger partial charge in [0.25, 0.3) is 0 Å². The summed E-state index contributed by atoms with van der Waals surface area (Å²) in [7, 11) is 3.15. The summed E-state index contributed by atoms with van der Waals surface area (Å²) in [6, 6.07) is 12.0. The van der Waals surface area contributed by atoms with E-state index < -0.39 is 0 Å². The van der Waals surface area contributed by atoms with Crippen molar-refractivity contribution in [1.29, 1.82) is 0 Å². The number of hydrogen-bond acceptors (Lipinski definition) is 4. The molecule has 0 aliphatic heterocycles. The summed E-state index contributed by atoms with van der Waals surface area (Å²) in [4.78, 5) is 11.9. The molecule has 0 aromatic heterocycles. The molecule has 0 unspecified atom stereocenters. The van der Waals surface area contributed by atoms with Crippen LogP contribution in [0.1, 0.15) is 11.1 Å². The van der Waals surface area contributed by atoms with Gasteiger partial charge in [0.1, 0.15) is 17.2 Å². The third-order valence-electron chi connectivity index (χ3n) is 3.20. The minimum atomic E-state index is -0.143. The van der Waals surface area contributed by atoms with E-state index >= 15 is 0 Å². The van der Waals surface area contributed by atoms with Crippen LogP contribution in [-0.2, 0) is 4.79 Å². The van der Waals surface area contributed by atoms with Crippen LogP contribution in [0.3, 0.4) is 0 Å². The van der Waals surface area contributed by atoms with Gasteiger partial charge in [-0.1, -0.05) is 18.2 Å². The second-order valence-electron chi connectivity index (χ2n) is 4.77. The summed E-state index contributed by atoms with van der Waals surface area (Å²) >= 11 is 0. The third kappa shape index (κ3) is 4.74. The molecule has 0 heterocycles. The Kier molecular flexibility index (Phi) is 5.58. The average Bonchev–Trinajstić information content (AvgIpc) is 2.59. The average molecular weight is 310 g/mol. The predicted molar refractivity (Wildman–Crippen MR) is 90.7 cm³/mol. The molecule has 0 saturated heterocycles. The Bertz CT molecular complexity index is 728. The number of rotatable bonds is 6. The summed E-state index contributed by atoms with van der Waals surface area (Å²) in [5, 5.41) is 9.21. The normalized spacial score (nSPS) is 11.0. The molecule has 2 aromatic carbocycles. The third-order valence-corrected chi connectivity index (χ3v) is 3.20. The topological polar surface area (TPSA) is 55.8 Å². The molecule has 0 aliphatic carbocycles. The summed E-state index contributed by atoms with van der Waals surface area (Å²) in [6.07, 6.45) is 6.33. The van der Waals surface area contributed by atoms with Crippen LogP contribution in [0.4, 0.5) is 0 Å². The zero-order valence-corrected chi connectivity index (χ0v) is 13.0. The molecule has 0 atom stereocenters. The van der Waals surface area contributed by atoms with Gasteiger partial charge in [-0.3, -0.25) is 4.79 Å². The van der Waals surface area contributed by atoms with Gasteiger partial charge in [0.05, 0.1) is 14.2 Å². The molecule has 0 radical (unpaired) electrons. The maximum atomic E-state index is 11.9. The Morgan fingerprint density at radius 1 is 0.957 bits per heavy atom. The van der Waals surface area contributed by atoms with Crippen molar-refractivity contribution >= 4 is 17.9 Å². The fraction of sp³-hybridized carbons (Fsp3) is 0.105. The van der Waals surface area contributed by atoms with Gasteiger partial charge in [-0.05, 0) is 48.1 Å². The molecule has 0 fully saturated rings. The Balaban J connectivity index is 2.07. The van der Waals surface area contributed by atoms with Crippen molar-refractivity contribution in [3.05, 3.63) is 65.7 Å². The van der Waals surface area contributed by atoms with Gasteiger partial charge in [0.2, 0.25) is 0 Å².